The summed E-state index contributed by atoms with van der Waals surface area (Å²) < 4.78 is 18.9. The van der Waals surface area contributed by atoms with E-state index in [2.05, 4.69) is 4.98 Å². The van der Waals surface area contributed by atoms with Gasteiger partial charge >= 0.3 is 5.97 Å². The number of carbonyl (C=O) groups is 2. The van der Waals surface area contributed by atoms with Crippen molar-refractivity contribution in [2.75, 3.05) is 13.7 Å². The number of hydrogen-bond acceptors (Lipinski definition) is 4. The Morgan fingerprint density at radius 2 is 1.90 bits per heavy atom. The van der Waals surface area contributed by atoms with Gasteiger partial charge in [-0.2, -0.15) is 0 Å². The Hall–Kier alpha value is -2.99. The molecule has 1 heterocycles. The number of aryl methyl sites for hydroxylation is 1. The second-order valence-corrected chi connectivity index (χ2v) is 7.01. The van der Waals surface area contributed by atoms with Gasteiger partial charge in [0.25, 0.3) is 5.91 Å². The number of nitrogens with zero attached hydrogens (tertiary/aromatic N) is 2. The molecule has 3 aromatic rings. The predicted molar refractivity (Wildman–Crippen MR) is 109 cm³/mol. The molecule has 0 atom stereocenters. The van der Waals surface area contributed by atoms with E-state index in [4.69, 9.17) is 16.3 Å². The van der Waals surface area contributed by atoms with Crippen LogP contribution in [-0.2, 0) is 27.3 Å². The summed E-state index contributed by atoms with van der Waals surface area (Å²) in [6, 6.07) is 15.9. The Morgan fingerprint density at radius 3 is 2.69 bits per heavy atom. The van der Waals surface area contributed by atoms with E-state index >= 15 is 0 Å². The number of esters is 1. The van der Waals surface area contributed by atoms with Gasteiger partial charge in [0, 0.05) is 41.7 Å². The van der Waals surface area contributed by atoms with Gasteiger partial charge in [-0.05, 0) is 24.3 Å². The zero-order valence-electron chi connectivity index (χ0n) is 15.9. The zero-order valence-corrected chi connectivity index (χ0v) is 16.7. The molecule has 1 amide bonds. The lowest BCUT2D eigenvalue weighted by molar-refractivity contribution is -0.151. The number of rotatable bonds is 7. The number of pyridine rings is 1. The van der Waals surface area contributed by atoms with Crippen LogP contribution in [0.25, 0.3) is 10.9 Å². The molecule has 0 aliphatic rings. The number of fused-ring (bicyclic) bond motifs is 1. The standard InChI is InChI=1S/C22H20ClFN2O3/c1-26(13-17-18(23)6-4-7-19(17)24)21(27)14-29-22(28)12-11-16-10-9-15-5-2-3-8-20(15)25-16/h2-10H,11-14H2,1H3. The first-order valence-electron chi connectivity index (χ1n) is 9.11. The van der Waals surface area contributed by atoms with E-state index in [1.807, 2.05) is 36.4 Å². The first-order chi connectivity index (χ1) is 13.9. The fourth-order valence-corrected chi connectivity index (χ4v) is 3.03. The maximum Gasteiger partial charge on any atom is 0.306 e. The number of aromatic nitrogens is 1. The molecule has 7 heteroatoms. The Labute approximate surface area is 173 Å². The van der Waals surface area contributed by atoms with Gasteiger partial charge in [0.05, 0.1) is 11.9 Å². The molecule has 0 aliphatic carbocycles. The van der Waals surface area contributed by atoms with E-state index in [1.165, 1.54) is 24.1 Å². The van der Waals surface area contributed by atoms with Crippen LogP contribution in [0.1, 0.15) is 17.7 Å². The summed E-state index contributed by atoms with van der Waals surface area (Å²) >= 11 is 5.97. The van der Waals surface area contributed by atoms with Crippen molar-refractivity contribution in [2.45, 2.75) is 19.4 Å². The summed E-state index contributed by atoms with van der Waals surface area (Å²) in [5.41, 5.74) is 1.86. The molecule has 2 aromatic carbocycles. The molecule has 0 saturated carbocycles. The number of para-hydroxylation sites is 1. The minimum atomic E-state index is -0.495. The second kappa shape index (κ2) is 9.47. The first kappa shape index (κ1) is 20.7. The lowest BCUT2D eigenvalue weighted by atomic mass is 10.1. The van der Waals surface area contributed by atoms with Gasteiger partial charge in [-0.1, -0.05) is 41.9 Å². The Morgan fingerprint density at radius 1 is 1.10 bits per heavy atom. The van der Waals surface area contributed by atoms with Gasteiger partial charge in [0.2, 0.25) is 0 Å². The monoisotopic (exact) mass is 414 g/mol. The van der Waals surface area contributed by atoms with E-state index in [9.17, 15) is 14.0 Å². The fraction of sp³-hybridized carbons (Fsp3) is 0.227. The summed E-state index contributed by atoms with van der Waals surface area (Å²) in [6.45, 7) is -0.421. The van der Waals surface area contributed by atoms with Crippen LogP contribution >= 0.6 is 11.6 Å². The van der Waals surface area contributed by atoms with Crippen molar-refractivity contribution in [1.82, 2.24) is 9.88 Å². The largest absolute Gasteiger partial charge is 0.456 e. The van der Waals surface area contributed by atoms with E-state index in [1.54, 1.807) is 6.07 Å². The average molecular weight is 415 g/mol. The molecular weight excluding hydrogens is 395 g/mol. The SMILES string of the molecule is CN(Cc1c(F)cccc1Cl)C(=O)COC(=O)CCc1ccc2ccccc2n1. The number of ether oxygens (including phenoxy) is 1. The summed E-state index contributed by atoms with van der Waals surface area (Å²) in [7, 11) is 1.50. The summed E-state index contributed by atoms with van der Waals surface area (Å²) in [6.07, 6.45) is 0.528. The maximum atomic E-state index is 13.8. The van der Waals surface area contributed by atoms with Crippen LogP contribution in [-0.4, -0.2) is 35.4 Å². The number of likely N-dealkylation sites (N-methyl/N-ethyl adjacent to an activating group) is 1. The van der Waals surface area contributed by atoms with E-state index in [-0.39, 0.29) is 23.6 Å². The molecule has 29 heavy (non-hydrogen) atoms. The van der Waals surface area contributed by atoms with Crippen LogP contribution in [0.15, 0.2) is 54.6 Å². The molecule has 0 bridgehead atoms. The van der Waals surface area contributed by atoms with E-state index < -0.39 is 24.3 Å². The van der Waals surface area contributed by atoms with Crippen LogP contribution in [0.3, 0.4) is 0 Å². The van der Waals surface area contributed by atoms with Crippen LogP contribution in [0.4, 0.5) is 4.39 Å². The molecule has 3 rings (SSSR count). The minimum Gasteiger partial charge on any atom is -0.456 e. The van der Waals surface area contributed by atoms with Crippen molar-refractivity contribution >= 4 is 34.4 Å². The smallest absolute Gasteiger partial charge is 0.306 e. The summed E-state index contributed by atoms with van der Waals surface area (Å²) in [5, 5.41) is 1.27. The first-order valence-corrected chi connectivity index (χ1v) is 9.49. The molecule has 5 nitrogen and oxygen atoms in total. The van der Waals surface area contributed by atoms with Gasteiger partial charge < -0.3 is 9.64 Å². The van der Waals surface area contributed by atoms with Crippen molar-refractivity contribution in [3.05, 3.63) is 76.7 Å². The minimum absolute atomic E-state index is 0.0110. The Bertz CT molecular complexity index is 1020. The molecule has 0 fully saturated rings. The molecular formula is C22H20ClFN2O3. The molecule has 0 spiro atoms. The predicted octanol–water partition coefficient (Wildman–Crippen LogP) is 4.16. The molecule has 0 unspecified atom stereocenters. The molecule has 150 valence electrons. The third kappa shape index (κ3) is 5.51. The van der Waals surface area contributed by atoms with Crippen molar-refractivity contribution < 1.29 is 18.7 Å². The normalized spacial score (nSPS) is 10.7. The van der Waals surface area contributed by atoms with E-state index in [0.717, 1.165) is 16.6 Å². The fourth-order valence-electron chi connectivity index (χ4n) is 2.81. The van der Waals surface area contributed by atoms with Crippen LogP contribution in [0, 0.1) is 5.82 Å². The molecule has 0 radical (unpaired) electrons. The number of amides is 1. The molecule has 0 N–H and O–H groups in total. The van der Waals surface area contributed by atoms with Crippen LogP contribution in [0.2, 0.25) is 5.02 Å². The third-order valence-electron chi connectivity index (χ3n) is 4.48. The quantitative estimate of drug-likeness (QED) is 0.545. The van der Waals surface area contributed by atoms with Crippen LogP contribution < -0.4 is 0 Å². The number of hydrogen-bond donors (Lipinski definition) is 0. The topological polar surface area (TPSA) is 59.5 Å². The van der Waals surface area contributed by atoms with Crippen LogP contribution in [0.5, 0.6) is 0 Å². The molecule has 1 aromatic heterocycles. The average Bonchev–Trinajstić information content (AvgIpc) is 2.72. The summed E-state index contributed by atoms with van der Waals surface area (Å²) in [4.78, 5) is 29.9. The van der Waals surface area contributed by atoms with Gasteiger partial charge in [-0.25, -0.2) is 4.39 Å². The lowest BCUT2D eigenvalue weighted by Gasteiger charge is -2.18. The highest BCUT2D eigenvalue weighted by Crippen LogP contribution is 2.20. The van der Waals surface area contributed by atoms with Gasteiger partial charge in [0.1, 0.15) is 5.82 Å². The van der Waals surface area contributed by atoms with Crippen molar-refractivity contribution in [3.63, 3.8) is 0 Å². The zero-order chi connectivity index (χ0) is 20.8. The summed E-state index contributed by atoms with van der Waals surface area (Å²) in [5.74, 6) is -1.43. The molecule has 0 saturated heterocycles. The number of carbonyl (C=O) groups excluding carboxylic acids is 2. The Kier molecular flexibility index (Phi) is 6.77. The highest BCUT2D eigenvalue weighted by atomic mass is 35.5. The van der Waals surface area contributed by atoms with Crippen molar-refractivity contribution in [3.8, 4) is 0 Å². The highest BCUT2D eigenvalue weighted by Gasteiger charge is 2.16. The maximum absolute atomic E-state index is 13.8. The van der Waals surface area contributed by atoms with Gasteiger partial charge in [-0.15, -0.1) is 0 Å². The lowest BCUT2D eigenvalue weighted by Crippen LogP contribution is -2.31. The van der Waals surface area contributed by atoms with Gasteiger partial charge in [0.15, 0.2) is 6.61 Å². The van der Waals surface area contributed by atoms with E-state index in [0.29, 0.717) is 6.42 Å². The number of halogens is 2. The second-order valence-electron chi connectivity index (χ2n) is 6.61. The molecule has 0 aliphatic heterocycles. The van der Waals surface area contributed by atoms with Gasteiger partial charge in [-0.3, -0.25) is 14.6 Å². The Balaban J connectivity index is 1.47. The van der Waals surface area contributed by atoms with Crippen molar-refractivity contribution in [1.29, 1.82) is 0 Å². The van der Waals surface area contributed by atoms with Crippen molar-refractivity contribution in [2.24, 2.45) is 0 Å². The number of benzene rings is 2. The third-order valence-corrected chi connectivity index (χ3v) is 4.83. The highest BCUT2D eigenvalue weighted by molar-refractivity contribution is 6.31.